The van der Waals surface area contributed by atoms with Gasteiger partial charge >= 0.3 is 6.03 Å². The number of rotatable bonds is 2. The number of nitrogens with one attached hydrogen (secondary N) is 1. The Labute approximate surface area is 146 Å². The Kier molecular flexibility index (Phi) is 4.23. The van der Waals surface area contributed by atoms with E-state index in [2.05, 4.69) is 20.2 Å². The lowest BCUT2D eigenvalue weighted by Crippen LogP contribution is -2.37. The number of morpholine rings is 1. The second-order valence-electron chi connectivity index (χ2n) is 6.39. The van der Waals surface area contributed by atoms with Crippen molar-refractivity contribution in [3.63, 3.8) is 0 Å². The molecule has 0 saturated carbocycles. The van der Waals surface area contributed by atoms with E-state index in [-0.39, 0.29) is 6.03 Å². The van der Waals surface area contributed by atoms with Gasteiger partial charge in [-0.2, -0.15) is 0 Å². The Hall–Kier alpha value is -2.67. The Bertz CT molecular complexity index is 772. The number of aromatic nitrogens is 2. The first kappa shape index (κ1) is 15.8. The summed E-state index contributed by atoms with van der Waals surface area (Å²) in [5.74, 6) is 0.725. The van der Waals surface area contributed by atoms with Gasteiger partial charge < -0.3 is 19.9 Å². The summed E-state index contributed by atoms with van der Waals surface area (Å²) in [6.07, 6.45) is 1.84. The first-order chi connectivity index (χ1) is 12.2. The molecule has 2 amide bonds. The molecule has 1 aromatic carbocycles. The molecule has 0 aliphatic carbocycles. The van der Waals surface area contributed by atoms with Crippen molar-refractivity contribution < 1.29 is 9.53 Å². The molecule has 1 fully saturated rings. The normalized spacial score (nSPS) is 16.7. The van der Waals surface area contributed by atoms with Crippen LogP contribution in [0.25, 0.3) is 0 Å². The van der Waals surface area contributed by atoms with Crippen LogP contribution < -0.4 is 10.2 Å². The van der Waals surface area contributed by atoms with Gasteiger partial charge in [0.25, 0.3) is 0 Å². The largest absolute Gasteiger partial charge is 0.378 e. The van der Waals surface area contributed by atoms with Crippen LogP contribution in [0.15, 0.2) is 30.5 Å². The summed E-state index contributed by atoms with van der Waals surface area (Å²) in [6.45, 7) is 6.07. The Morgan fingerprint density at radius 2 is 1.92 bits per heavy atom. The zero-order chi connectivity index (χ0) is 17.2. The summed E-state index contributed by atoms with van der Waals surface area (Å²) >= 11 is 0. The van der Waals surface area contributed by atoms with Gasteiger partial charge in [0.1, 0.15) is 0 Å². The number of ether oxygens (including phenoxy) is 1. The standard InChI is InChI=1S/C18H21N5O2/c1-13-2-4-15(5-3-13)20-18(24)23-11-14-10-19-17(21-16(14)12-23)22-6-8-25-9-7-22/h2-5,10H,6-9,11-12H2,1H3,(H,20,24). The molecule has 0 unspecified atom stereocenters. The maximum absolute atomic E-state index is 12.5. The quantitative estimate of drug-likeness (QED) is 0.908. The van der Waals surface area contributed by atoms with Crippen molar-refractivity contribution in [1.29, 1.82) is 0 Å². The molecule has 1 aromatic heterocycles. The van der Waals surface area contributed by atoms with Crippen LogP contribution in [0.3, 0.4) is 0 Å². The lowest BCUT2D eigenvalue weighted by Gasteiger charge is -2.26. The number of nitrogens with zero attached hydrogens (tertiary/aromatic N) is 4. The molecule has 7 nitrogen and oxygen atoms in total. The third-order valence-electron chi connectivity index (χ3n) is 4.53. The van der Waals surface area contributed by atoms with E-state index < -0.39 is 0 Å². The molecule has 1 saturated heterocycles. The predicted octanol–water partition coefficient (Wildman–Crippen LogP) is 2.17. The summed E-state index contributed by atoms with van der Waals surface area (Å²) in [4.78, 5) is 25.5. The fourth-order valence-electron chi connectivity index (χ4n) is 3.04. The lowest BCUT2D eigenvalue weighted by molar-refractivity contribution is 0.122. The minimum absolute atomic E-state index is 0.116. The number of anilines is 2. The Morgan fingerprint density at radius 1 is 1.16 bits per heavy atom. The predicted molar refractivity (Wildman–Crippen MR) is 94.5 cm³/mol. The van der Waals surface area contributed by atoms with E-state index in [0.717, 1.165) is 41.5 Å². The van der Waals surface area contributed by atoms with Crippen LogP contribution in [0, 0.1) is 6.92 Å². The van der Waals surface area contributed by atoms with Gasteiger partial charge in [0.15, 0.2) is 0 Å². The SMILES string of the molecule is Cc1ccc(NC(=O)N2Cc3cnc(N4CCOCC4)nc3C2)cc1. The minimum Gasteiger partial charge on any atom is -0.378 e. The van der Waals surface area contributed by atoms with E-state index in [1.54, 1.807) is 4.90 Å². The topological polar surface area (TPSA) is 70.6 Å². The van der Waals surface area contributed by atoms with Crippen LogP contribution in [0.4, 0.5) is 16.4 Å². The number of carbonyl (C=O) groups excluding carboxylic acids is 1. The van der Waals surface area contributed by atoms with Crippen molar-refractivity contribution in [2.45, 2.75) is 20.0 Å². The fourth-order valence-corrected chi connectivity index (χ4v) is 3.04. The molecular formula is C18H21N5O2. The van der Waals surface area contributed by atoms with E-state index in [4.69, 9.17) is 4.74 Å². The van der Waals surface area contributed by atoms with Gasteiger partial charge in [-0.05, 0) is 19.1 Å². The molecular weight excluding hydrogens is 318 g/mol. The molecule has 2 aromatic rings. The first-order valence-electron chi connectivity index (χ1n) is 8.49. The molecule has 3 heterocycles. The number of carbonyl (C=O) groups is 1. The maximum Gasteiger partial charge on any atom is 0.322 e. The highest BCUT2D eigenvalue weighted by Gasteiger charge is 2.26. The van der Waals surface area contributed by atoms with Gasteiger partial charge in [-0.3, -0.25) is 0 Å². The highest BCUT2D eigenvalue weighted by Crippen LogP contribution is 2.23. The molecule has 7 heteroatoms. The van der Waals surface area contributed by atoms with Crippen LogP contribution in [-0.2, 0) is 17.8 Å². The van der Waals surface area contributed by atoms with E-state index in [1.807, 2.05) is 37.4 Å². The van der Waals surface area contributed by atoms with Crippen molar-refractivity contribution in [3.8, 4) is 0 Å². The third kappa shape index (κ3) is 3.41. The summed E-state index contributed by atoms with van der Waals surface area (Å²) in [7, 11) is 0. The van der Waals surface area contributed by atoms with Crippen LogP contribution in [0.2, 0.25) is 0 Å². The fraction of sp³-hybridized carbons (Fsp3) is 0.389. The number of fused-ring (bicyclic) bond motifs is 1. The first-order valence-corrected chi connectivity index (χ1v) is 8.49. The molecule has 4 rings (SSSR count). The zero-order valence-electron chi connectivity index (χ0n) is 14.2. The minimum atomic E-state index is -0.116. The molecule has 0 bridgehead atoms. The molecule has 0 radical (unpaired) electrons. The molecule has 1 N–H and O–H groups in total. The Morgan fingerprint density at radius 3 is 2.68 bits per heavy atom. The molecule has 0 spiro atoms. The average molecular weight is 339 g/mol. The van der Waals surface area contributed by atoms with Gasteiger partial charge in [0.2, 0.25) is 5.95 Å². The average Bonchev–Trinajstić information content (AvgIpc) is 3.08. The number of aryl methyl sites for hydroxylation is 1. The van der Waals surface area contributed by atoms with Crippen molar-refractivity contribution in [2.75, 3.05) is 36.5 Å². The summed E-state index contributed by atoms with van der Waals surface area (Å²) in [5.41, 5.74) is 3.90. The van der Waals surface area contributed by atoms with Crippen LogP contribution in [0.1, 0.15) is 16.8 Å². The second kappa shape index (κ2) is 6.68. The van der Waals surface area contributed by atoms with Crippen LogP contribution in [-0.4, -0.2) is 47.2 Å². The highest BCUT2D eigenvalue weighted by atomic mass is 16.5. The van der Waals surface area contributed by atoms with Gasteiger partial charge in [0.05, 0.1) is 32.0 Å². The zero-order valence-corrected chi connectivity index (χ0v) is 14.2. The molecule has 2 aliphatic rings. The van der Waals surface area contributed by atoms with Gasteiger partial charge in [-0.1, -0.05) is 17.7 Å². The maximum atomic E-state index is 12.5. The van der Waals surface area contributed by atoms with Crippen molar-refractivity contribution in [1.82, 2.24) is 14.9 Å². The number of amides is 2. The number of hydrogen-bond acceptors (Lipinski definition) is 5. The van der Waals surface area contributed by atoms with E-state index in [0.29, 0.717) is 26.3 Å². The molecule has 2 aliphatic heterocycles. The Balaban J connectivity index is 1.43. The van der Waals surface area contributed by atoms with Crippen molar-refractivity contribution in [3.05, 3.63) is 47.3 Å². The van der Waals surface area contributed by atoms with Gasteiger partial charge in [-0.15, -0.1) is 0 Å². The van der Waals surface area contributed by atoms with E-state index in [9.17, 15) is 4.79 Å². The second-order valence-corrected chi connectivity index (χ2v) is 6.39. The van der Waals surface area contributed by atoms with Crippen LogP contribution in [0.5, 0.6) is 0 Å². The van der Waals surface area contributed by atoms with Crippen LogP contribution >= 0.6 is 0 Å². The van der Waals surface area contributed by atoms with E-state index in [1.165, 1.54) is 0 Å². The molecule has 130 valence electrons. The smallest absolute Gasteiger partial charge is 0.322 e. The number of hydrogen-bond donors (Lipinski definition) is 1. The molecule has 25 heavy (non-hydrogen) atoms. The monoisotopic (exact) mass is 339 g/mol. The number of benzene rings is 1. The van der Waals surface area contributed by atoms with Crippen molar-refractivity contribution in [2.24, 2.45) is 0 Å². The van der Waals surface area contributed by atoms with Gasteiger partial charge in [0, 0.05) is 30.5 Å². The highest BCUT2D eigenvalue weighted by molar-refractivity contribution is 5.89. The number of urea groups is 1. The third-order valence-corrected chi connectivity index (χ3v) is 4.53. The molecule has 0 atom stereocenters. The van der Waals surface area contributed by atoms with Gasteiger partial charge in [-0.25, -0.2) is 14.8 Å². The van der Waals surface area contributed by atoms with Crippen molar-refractivity contribution >= 4 is 17.7 Å². The summed E-state index contributed by atoms with van der Waals surface area (Å²) in [5, 5.41) is 2.94. The lowest BCUT2D eigenvalue weighted by atomic mass is 10.2. The summed E-state index contributed by atoms with van der Waals surface area (Å²) in [6, 6.07) is 7.66. The summed E-state index contributed by atoms with van der Waals surface area (Å²) < 4.78 is 5.37. The van der Waals surface area contributed by atoms with E-state index >= 15 is 0 Å².